The Morgan fingerprint density at radius 3 is 2.72 bits per heavy atom. The number of anilines is 1. The van der Waals surface area contributed by atoms with Crippen LogP contribution in [0.3, 0.4) is 0 Å². The average Bonchev–Trinajstić information content (AvgIpc) is 2.32. The van der Waals surface area contributed by atoms with Crippen LogP contribution in [0.1, 0.15) is 10.4 Å². The monoisotopic (exact) mass is 265 g/mol. The molecule has 5 heteroatoms. The number of hydrogen-bond acceptors (Lipinski definition) is 2. The third kappa shape index (κ3) is 2.78. The second-order valence-electron chi connectivity index (χ2n) is 3.63. The van der Waals surface area contributed by atoms with E-state index in [-0.39, 0.29) is 11.3 Å². The lowest BCUT2D eigenvalue weighted by Gasteiger charge is -2.07. The second-order valence-corrected chi connectivity index (χ2v) is 4.06. The predicted octanol–water partition coefficient (Wildman–Crippen LogP) is 3.44. The van der Waals surface area contributed by atoms with Gasteiger partial charge in [0.05, 0.1) is 5.56 Å². The summed E-state index contributed by atoms with van der Waals surface area (Å²) in [5.74, 6) is -1.48. The predicted molar refractivity (Wildman–Crippen MR) is 67.5 cm³/mol. The van der Waals surface area contributed by atoms with Crippen molar-refractivity contribution in [3.63, 3.8) is 0 Å². The van der Waals surface area contributed by atoms with Crippen molar-refractivity contribution in [3.8, 4) is 5.75 Å². The highest BCUT2D eigenvalue weighted by Gasteiger charge is 2.12. The van der Waals surface area contributed by atoms with Crippen molar-refractivity contribution < 1.29 is 14.3 Å². The van der Waals surface area contributed by atoms with Crippen molar-refractivity contribution in [3.05, 3.63) is 58.9 Å². The van der Waals surface area contributed by atoms with E-state index in [4.69, 9.17) is 11.6 Å². The van der Waals surface area contributed by atoms with Gasteiger partial charge in [-0.25, -0.2) is 4.39 Å². The van der Waals surface area contributed by atoms with Crippen LogP contribution in [-0.4, -0.2) is 11.0 Å². The molecular weight excluding hydrogens is 257 g/mol. The van der Waals surface area contributed by atoms with Crippen LogP contribution in [0.15, 0.2) is 42.5 Å². The first-order chi connectivity index (χ1) is 8.56. The van der Waals surface area contributed by atoms with Gasteiger partial charge in [-0.15, -0.1) is 0 Å². The van der Waals surface area contributed by atoms with Gasteiger partial charge in [0.1, 0.15) is 11.6 Å². The Morgan fingerprint density at radius 2 is 2.00 bits per heavy atom. The zero-order valence-corrected chi connectivity index (χ0v) is 9.91. The van der Waals surface area contributed by atoms with E-state index in [1.807, 2.05) is 0 Å². The largest absolute Gasteiger partial charge is 0.507 e. The Morgan fingerprint density at radius 1 is 1.22 bits per heavy atom. The standard InChI is InChI=1S/C13H9ClFNO2/c14-8-2-1-3-10(6-8)16-13(18)11-7-9(15)4-5-12(11)17/h1-7,17H,(H,16,18). The number of halogens is 2. The highest BCUT2D eigenvalue weighted by molar-refractivity contribution is 6.31. The summed E-state index contributed by atoms with van der Waals surface area (Å²) in [4.78, 5) is 11.8. The molecule has 0 spiro atoms. The number of benzene rings is 2. The fourth-order valence-corrected chi connectivity index (χ4v) is 1.65. The Labute approximate surface area is 108 Å². The maximum atomic E-state index is 13.0. The lowest BCUT2D eigenvalue weighted by Crippen LogP contribution is -2.12. The van der Waals surface area contributed by atoms with Crippen LogP contribution in [-0.2, 0) is 0 Å². The molecule has 0 unspecified atom stereocenters. The van der Waals surface area contributed by atoms with Crippen LogP contribution in [0.4, 0.5) is 10.1 Å². The number of aromatic hydroxyl groups is 1. The molecule has 2 aromatic rings. The van der Waals surface area contributed by atoms with Crippen molar-refractivity contribution in [2.24, 2.45) is 0 Å². The molecule has 0 atom stereocenters. The molecule has 2 aromatic carbocycles. The Bertz CT molecular complexity index is 601. The summed E-state index contributed by atoms with van der Waals surface area (Å²) in [7, 11) is 0. The van der Waals surface area contributed by atoms with Gasteiger partial charge in [-0.3, -0.25) is 4.79 Å². The zero-order valence-electron chi connectivity index (χ0n) is 9.15. The minimum absolute atomic E-state index is 0.130. The van der Waals surface area contributed by atoms with Crippen LogP contribution >= 0.6 is 11.6 Å². The van der Waals surface area contributed by atoms with E-state index in [1.54, 1.807) is 24.3 Å². The minimum atomic E-state index is -0.603. The zero-order chi connectivity index (χ0) is 13.1. The van der Waals surface area contributed by atoms with E-state index in [0.717, 1.165) is 18.2 Å². The fourth-order valence-electron chi connectivity index (χ4n) is 1.45. The van der Waals surface area contributed by atoms with Crippen molar-refractivity contribution >= 4 is 23.2 Å². The highest BCUT2D eigenvalue weighted by Crippen LogP contribution is 2.20. The van der Waals surface area contributed by atoms with Crippen molar-refractivity contribution in [1.82, 2.24) is 0 Å². The molecule has 18 heavy (non-hydrogen) atoms. The number of nitrogens with one attached hydrogen (secondary N) is 1. The van der Waals surface area contributed by atoms with Crippen LogP contribution in [0.5, 0.6) is 5.75 Å². The minimum Gasteiger partial charge on any atom is -0.507 e. The van der Waals surface area contributed by atoms with E-state index >= 15 is 0 Å². The van der Waals surface area contributed by atoms with Crippen LogP contribution in [0, 0.1) is 5.82 Å². The first-order valence-corrected chi connectivity index (χ1v) is 5.49. The van der Waals surface area contributed by atoms with E-state index in [1.165, 1.54) is 0 Å². The molecule has 0 radical (unpaired) electrons. The second kappa shape index (κ2) is 5.06. The van der Waals surface area contributed by atoms with Crippen molar-refractivity contribution in [2.75, 3.05) is 5.32 Å². The molecule has 0 aliphatic carbocycles. The molecule has 0 saturated heterocycles. The van der Waals surface area contributed by atoms with Gasteiger partial charge in [-0.05, 0) is 36.4 Å². The number of rotatable bonds is 2. The molecule has 3 nitrogen and oxygen atoms in total. The van der Waals surface area contributed by atoms with Gasteiger partial charge in [0.25, 0.3) is 5.91 Å². The topological polar surface area (TPSA) is 49.3 Å². The number of amides is 1. The number of phenolic OH excluding ortho intramolecular Hbond substituents is 1. The maximum absolute atomic E-state index is 13.0. The van der Waals surface area contributed by atoms with Crippen molar-refractivity contribution in [1.29, 1.82) is 0 Å². The molecular formula is C13H9ClFNO2. The fraction of sp³-hybridized carbons (Fsp3) is 0. The smallest absolute Gasteiger partial charge is 0.259 e. The van der Waals surface area contributed by atoms with E-state index < -0.39 is 11.7 Å². The molecule has 1 amide bonds. The molecule has 0 aromatic heterocycles. The third-order valence-electron chi connectivity index (χ3n) is 2.29. The maximum Gasteiger partial charge on any atom is 0.259 e. The van der Waals surface area contributed by atoms with Gasteiger partial charge in [-0.2, -0.15) is 0 Å². The Kier molecular flexibility index (Phi) is 3.48. The summed E-state index contributed by atoms with van der Waals surface area (Å²) < 4.78 is 13.0. The summed E-state index contributed by atoms with van der Waals surface area (Å²) >= 11 is 5.77. The number of hydrogen-bond donors (Lipinski definition) is 2. The lowest BCUT2D eigenvalue weighted by molar-refractivity contribution is 0.102. The first kappa shape index (κ1) is 12.4. The molecule has 0 heterocycles. The first-order valence-electron chi connectivity index (χ1n) is 5.12. The van der Waals surface area contributed by atoms with Crippen LogP contribution < -0.4 is 5.32 Å². The molecule has 92 valence electrons. The van der Waals surface area contributed by atoms with Gasteiger partial charge < -0.3 is 10.4 Å². The highest BCUT2D eigenvalue weighted by atomic mass is 35.5. The number of carbonyl (C=O) groups is 1. The normalized spacial score (nSPS) is 10.1. The van der Waals surface area contributed by atoms with E-state index in [9.17, 15) is 14.3 Å². The summed E-state index contributed by atoms with van der Waals surface area (Å²) in [6, 6.07) is 9.69. The van der Waals surface area contributed by atoms with Gasteiger partial charge in [0.2, 0.25) is 0 Å². The quantitative estimate of drug-likeness (QED) is 0.874. The van der Waals surface area contributed by atoms with Gasteiger partial charge in [0.15, 0.2) is 0 Å². The molecule has 0 bridgehead atoms. The lowest BCUT2D eigenvalue weighted by atomic mass is 10.1. The molecule has 0 fully saturated rings. The molecule has 2 N–H and O–H groups in total. The summed E-state index contributed by atoms with van der Waals surface area (Å²) in [6.45, 7) is 0. The molecule has 0 aliphatic heterocycles. The van der Waals surface area contributed by atoms with Gasteiger partial charge >= 0.3 is 0 Å². The molecule has 0 saturated carbocycles. The molecule has 2 rings (SSSR count). The van der Waals surface area contributed by atoms with Gasteiger partial charge in [-0.1, -0.05) is 17.7 Å². The Balaban J connectivity index is 2.24. The van der Waals surface area contributed by atoms with Crippen LogP contribution in [0.2, 0.25) is 5.02 Å². The number of carbonyl (C=O) groups excluding carboxylic acids is 1. The molecule has 0 aliphatic rings. The SMILES string of the molecule is O=C(Nc1cccc(Cl)c1)c1cc(F)ccc1O. The van der Waals surface area contributed by atoms with E-state index in [2.05, 4.69) is 5.32 Å². The summed E-state index contributed by atoms with van der Waals surface area (Å²) in [5, 5.41) is 12.5. The third-order valence-corrected chi connectivity index (χ3v) is 2.52. The Hall–Kier alpha value is -2.07. The van der Waals surface area contributed by atoms with Gasteiger partial charge in [0, 0.05) is 10.7 Å². The van der Waals surface area contributed by atoms with E-state index in [0.29, 0.717) is 10.7 Å². The summed E-state index contributed by atoms with van der Waals surface area (Å²) in [6.07, 6.45) is 0. The van der Waals surface area contributed by atoms with Crippen molar-refractivity contribution in [2.45, 2.75) is 0 Å². The number of phenols is 1. The average molecular weight is 266 g/mol. The van der Waals surface area contributed by atoms with Crippen LogP contribution in [0.25, 0.3) is 0 Å². The summed E-state index contributed by atoms with van der Waals surface area (Å²) in [5.41, 5.74) is 0.339.